The first-order chi connectivity index (χ1) is 11.9. The first kappa shape index (κ1) is 16.4. The number of hydrogen-bond donors (Lipinski definition) is 0. The number of fused-ring (bicyclic) bond motifs is 1. The summed E-state index contributed by atoms with van der Waals surface area (Å²) in [6, 6.07) is 4.53. The van der Waals surface area contributed by atoms with Crippen molar-refractivity contribution in [3.63, 3.8) is 0 Å². The van der Waals surface area contributed by atoms with Gasteiger partial charge in [0.1, 0.15) is 11.6 Å². The standard InChI is InChI=1S/C17H19F3N4O/c1-11-4-15(22-25-11)10-23-6-12-8-24(9-13(12)7-23)16-3-2-14(5-21-16)17(18,19)20/h2-5,12-13H,6-10H2,1H3. The highest BCUT2D eigenvalue weighted by atomic mass is 19.4. The lowest BCUT2D eigenvalue weighted by Crippen LogP contribution is -2.29. The number of likely N-dealkylation sites (tertiary alicyclic amines) is 1. The largest absolute Gasteiger partial charge is 0.417 e. The van der Waals surface area contributed by atoms with Crippen LogP contribution in [-0.4, -0.2) is 41.2 Å². The van der Waals surface area contributed by atoms with Crippen LogP contribution in [0.25, 0.3) is 0 Å². The van der Waals surface area contributed by atoms with Gasteiger partial charge in [-0.05, 0) is 30.9 Å². The van der Waals surface area contributed by atoms with Gasteiger partial charge in [-0.2, -0.15) is 13.2 Å². The second-order valence-corrected chi connectivity index (χ2v) is 6.95. The smallest absolute Gasteiger partial charge is 0.361 e. The van der Waals surface area contributed by atoms with Crippen LogP contribution in [-0.2, 0) is 12.7 Å². The number of halogens is 3. The van der Waals surface area contributed by atoms with Gasteiger partial charge in [-0.25, -0.2) is 4.98 Å². The molecular weight excluding hydrogens is 333 g/mol. The Balaban J connectivity index is 1.36. The van der Waals surface area contributed by atoms with Gasteiger partial charge in [0, 0.05) is 45.0 Å². The fraction of sp³-hybridized carbons (Fsp3) is 0.529. The molecule has 0 spiro atoms. The Morgan fingerprint density at radius 2 is 1.88 bits per heavy atom. The summed E-state index contributed by atoms with van der Waals surface area (Å²) in [5, 5.41) is 4.03. The van der Waals surface area contributed by atoms with Crippen LogP contribution in [0.5, 0.6) is 0 Å². The van der Waals surface area contributed by atoms with E-state index < -0.39 is 11.7 Å². The summed E-state index contributed by atoms with van der Waals surface area (Å²) in [5.41, 5.74) is 0.239. The Kier molecular flexibility index (Phi) is 3.94. The molecule has 4 rings (SSSR count). The lowest BCUT2D eigenvalue weighted by Gasteiger charge is -2.22. The summed E-state index contributed by atoms with van der Waals surface area (Å²) in [7, 11) is 0. The van der Waals surface area contributed by atoms with Crippen molar-refractivity contribution in [3.8, 4) is 0 Å². The third kappa shape index (κ3) is 3.35. The van der Waals surface area contributed by atoms with Crippen LogP contribution in [0.2, 0.25) is 0 Å². The predicted octanol–water partition coefficient (Wildman–Crippen LogP) is 2.97. The third-order valence-corrected chi connectivity index (χ3v) is 5.02. The minimum Gasteiger partial charge on any atom is -0.361 e. The molecule has 0 N–H and O–H groups in total. The predicted molar refractivity (Wildman–Crippen MR) is 84.9 cm³/mol. The number of pyridine rings is 1. The van der Waals surface area contributed by atoms with E-state index in [4.69, 9.17) is 4.52 Å². The third-order valence-electron chi connectivity index (χ3n) is 5.02. The van der Waals surface area contributed by atoms with E-state index in [1.165, 1.54) is 6.07 Å². The maximum absolute atomic E-state index is 12.6. The summed E-state index contributed by atoms with van der Waals surface area (Å²) in [4.78, 5) is 8.47. The maximum Gasteiger partial charge on any atom is 0.417 e. The van der Waals surface area contributed by atoms with E-state index in [9.17, 15) is 13.2 Å². The molecule has 2 atom stereocenters. The van der Waals surface area contributed by atoms with Crippen molar-refractivity contribution in [2.45, 2.75) is 19.6 Å². The summed E-state index contributed by atoms with van der Waals surface area (Å²) in [5.74, 6) is 2.46. The second-order valence-electron chi connectivity index (χ2n) is 6.95. The van der Waals surface area contributed by atoms with Crippen molar-refractivity contribution in [2.75, 3.05) is 31.1 Å². The van der Waals surface area contributed by atoms with Gasteiger partial charge < -0.3 is 9.42 Å². The molecule has 25 heavy (non-hydrogen) atoms. The molecule has 4 heterocycles. The molecule has 0 radical (unpaired) electrons. The number of nitrogens with zero attached hydrogens (tertiary/aromatic N) is 4. The first-order valence-electron chi connectivity index (χ1n) is 8.31. The number of anilines is 1. The fourth-order valence-electron chi connectivity index (χ4n) is 3.87. The molecule has 2 aliphatic heterocycles. The SMILES string of the molecule is Cc1cc(CN2CC3CN(c4ccc(C(F)(F)F)cn4)CC3C2)no1. The molecule has 0 aromatic carbocycles. The lowest BCUT2D eigenvalue weighted by molar-refractivity contribution is -0.137. The van der Waals surface area contributed by atoms with E-state index in [2.05, 4.69) is 19.9 Å². The van der Waals surface area contributed by atoms with Gasteiger partial charge in [0.25, 0.3) is 0 Å². The van der Waals surface area contributed by atoms with Gasteiger partial charge in [-0.15, -0.1) is 0 Å². The zero-order chi connectivity index (χ0) is 17.6. The molecule has 2 fully saturated rings. The van der Waals surface area contributed by atoms with Gasteiger partial charge in [0.05, 0.1) is 11.3 Å². The van der Waals surface area contributed by atoms with Crippen LogP contribution in [0.3, 0.4) is 0 Å². The Bertz CT molecular complexity index is 729. The summed E-state index contributed by atoms with van der Waals surface area (Å²) < 4.78 is 43.0. The molecule has 5 nitrogen and oxygen atoms in total. The molecular formula is C17H19F3N4O. The number of aromatic nitrogens is 2. The van der Waals surface area contributed by atoms with Crippen molar-refractivity contribution in [3.05, 3.63) is 41.4 Å². The van der Waals surface area contributed by atoms with Gasteiger partial charge in [-0.3, -0.25) is 4.90 Å². The van der Waals surface area contributed by atoms with Crippen molar-refractivity contribution in [1.82, 2.24) is 15.0 Å². The lowest BCUT2D eigenvalue weighted by atomic mass is 10.0. The highest BCUT2D eigenvalue weighted by Gasteiger charge is 2.40. The highest BCUT2D eigenvalue weighted by Crippen LogP contribution is 2.35. The van der Waals surface area contributed by atoms with Crippen molar-refractivity contribution in [2.24, 2.45) is 11.8 Å². The Morgan fingerprint density at radius 1 is 1.16 bits per heavy atom. The number of aryl methyl sites for hydroxylation is 1. The van der Waals surface area contributed by atoms with E-state index in [0.717, 1.165) is 56.4 Å². The average molecular weight is 352 g/mol. The second kappa shape index (κ2) is 6.01. The molecule has 0 aliphatic carbocycles. The van der Waals surface area contributed by atoms with Gasteiger partial charge in [0.15, 0.2) is 0 Å². The summed E-state index contributed by atoms with van der Waals surface area (Å²) >= 11 is 0. The Morgan fingerprint density at radius 3 is 2.40 bits per heavy atom. The number of hydrogen-bond acceptors (Lipinski definition) is 5. The highest BCUT2D eigenvalue weighted by molar-refractivity contribution is 5.41. The van der Waals surface area contributed by atoms with Crippen molar-refractivity contribution < 1.29 is 17.7 Å². The van der Waals surface area contributed by atoms with Crippen LogP contribution < -0.4 is 4.90 Å². The molecule has 0 amide bonds. The minimum atomic E-state index is -4.34. The van der Waals surface area contributed by atoms with Crippen LogP contribution >= 0.6 is 0 Å². The molecule has 0 saturated carbocycles. The van der Waals surface area contributed by atoms with E-state index in [1.54, 1.807) is 0 Å². The summed E-state index contributed by atoms with van der Waals surface area (Å²) in [6.45, 7) is 6.25. The average Bonchev–Trinajstić information content (AvgIpc) is 3.22. The van der Waals surface area contributed by atoms with Gasteiger partial charge >= 0.3 is 6.18 Å². The van der Waals surface area contributed by atoms with Gasteiger partial charge in [0.2, 0.25) is 0 Å². The summed E-state index contributed by atoms with van der Waals surface area (Å²) in [6.07, 6.45) is -3.42. The molecule has 2 aromatic rings. The number of rotatable bonds is 3. The molecule has 0 bridgehead atoms. The van der Waals surface area contributed by atoms with Crippen LogP contribution in [0.1, 0.15) is 17.0 Å². The minimum absolute atomic E-state index is 0.511. The molecule has 2 aromatic heterocycles. The van der Waals surface area contributed by atoms with Crippen LogP contribution in [0.4, 0.5) is 19.0 Å². The van der Waals surface area contributed by atoms with E-state index in [0.29, 0.717) is 17.7 Å². The fourth-order valence-corrected chi connectivity index (χ4v) is 3.87. The van der Waals surface area contributed by atoms with Crippen LogP contribution in [0, 0.1) is 18.8 Å². The van der Waals surface area contributed by atoms with Gasteiger partial charge in [-0.1, -0.05) is 5.16 Å². The van der Waals surface area contributed by atoms with E-state index in [-0.39, 0.29) is 0 Å². The Hall–Kier alpha value is -2.09. The molecule has 134 valence electrons. The maximum atomic E-state index is 12.6. The van der Waals surface area contributed by atoms with E-state index >= 15 is 0 Å². The Labute approximate surface area is 143 Å². The topological polar surface area (TPSA) is 45.4 Å². The van der Waals surface area contributed by atoms with Crippen LogP contribution in [0.15, 0.2) is 28.9 Å². The number of alkyl halides is 3. The molecule has 2 saturated heterocycles. The first-order valence-corrected chi connectivity index (χ1v) is 8.31. The zero-order valence-electron chi connectivity index (χ0n) is 13.8. The van der Waals surface area contributed by atoms with E-state index in [1.807, 2.05) is 13.0 Å². The van der Waals surface area contributed by atoms with Crippen molar-refractivity contribution in [1.29, 1.82) is 0 Å². The normalized spacial score (nSPS) is 24.1. The van der Waals surface area contributed by atoms with Crippen molar-refractivity contribution >= 4 is 5.82 Å². The quantitative estimate of drug-likeness (QED) is 0.850. The molecule has 8 heteroatoms. The zero-order valence-corrected chi connectivity index (χ0v) is 13.8. The molecule has 2 unspecified atom stereocenters. The monoisotopic (exact) mass is 352 g/mol. The molecule has 2 aliphatic rings.